The molecule has 3 aromatic carbocycles. The van der Waals surface area contributed by atoms with Gasteiger partial charge in [0.15, 0.2) is 17.6 Å². The monoisotopic (exact) mass is 441 g/mol. The van der Waals surface area contributed by atoms with E-state index in [0.717, 1.165) is 22.4 Å². The summed E-state index contributed by atoms with van der Waals surface area (Å²) in [6.45, 7) is 2.81. The Labute approximate surface area is 191 Å². The lowest BCUT2D eigenvalue weighted by Crippen LogP contribution is -2.41. The predicted molar refractivity (Wildman–Crippen MR) is 123 cm³/mol. The topological polar surface area (TPSA) is 77.7 Å². The Balaban J connectivity index is 1.25. The highest BCUT2D eigenvalue weighted by molar-refractivity contribution is 5.94. The Hall–Kier alpha value is -4.13. The molecule has 0 fully saturated rings. The largest absolute Gasteiger partial charge is 0.486 e. The van der Waals surface area contributed by atoms with E-state index in [4.69, 9.17) is 13.9 Å². The number of aryl methyl sites for hydroxylation is 1. The van der Waals surface area contributed by atoms with Crippen molar-refractivity contribution in [3.63, 3.8) is 0 Å². The summed E-state index contributed by atoms with van der Waals surface area (Å²) < 4.78 is 17.6. The molecule has 0 N–H and O–H groups in total. The molecule has 4 aromatic rings. The first kappa shape index (κ1) is 20.8. The molecule has 0 saturated carbocycles. The normalized spacial score (nSPS) is 14.7. The second-order valence-corrected chi connectivity index (χ2v) is 7.99. The van der Waals surface area contributed by atoms with Gasteiger partial charge in [-0.15, -0.1) is 10.2 Å². The lowest BCUT2D eigenvalue weighted by atomic mass is 10.1. The number of carbonyl (C=O) groups excluding carboxylic acids is 1. The maximum absolute atomic E-state index is 12.9. The summed E-state index contributed by atoms with van der Waals surface area (Å²) in [5, 5.41) is 8.34. The summed E-state index contributed by atoms with van der Waals surface area (Å²) in [6.07, 6.45) is -0.230. The van der Waals surface area contributed by atoms with Crippen LogP contribution in [-0.4, -0.2) is 47.3 Å². The SMILES string of the molecule is Cc1ccccc1-c1nnc(-c2ccc(C(=O)N(C)C[C@@H]3COc4ccccc4O3)cc2)o1. The van der Waals surface area contributed by atoms with Gasteiger partial charge in [-0.1, -0.05) is 30.3 Å². The van der Waals surface area contributed by atoms with Gasteiger partial charge in [-0.05, 0) is 55.0 Å². The fourth-order valence-electron chi connectivity index (χ4n) is 3.78. The van der Waals surface area contributed by atoms with Crippen LogP contribution in [-0.2, 0) is 0 Å². The van der Waals surface area contributed by atoms with Crippen molar-refractivity contribution in [1.29, 1.82) is 0 Å². The van der Waals surface area contributed by atoms with E-state index in [1.807, 2.05) is 67.6 Å². The number of fused-ring (bicyclic) bond motifs is 1. The third kappa shape index (κ3) is 4.30. The zero-order chi connectivity index (χ0) is 22.8. The summed E-state index contributed by atoms with van der Waals surface area (Å²) >= 11 is 0. The molecule has 7 nitrogen and oxygen atoms in total. The van der Waals surface area contributed by atoms with E-state index in [1.165, 1.54) is 0 Å². The Bertz CT molecular complexity index is 1280. The van der Waals surface area contributed by atoms with Crippen LogP contribution in [0.4, 0.5) is 0 Å². The van der Waals surface area contributed by atoms with E-state index in [9.17, 15) is 4.79 Å². The first-order chi connectivity index (χ1) is 16.1. The number of ether oxygens (including phenoxy) is 2. The Morgan fingerprint density at radius 2 is 1.64 bits per heavy atom. The van der Waals surface area contributed by atoms with Gasteiger partial charge >= 0.3 is 0 Å². The maximum Gasteiger partial charge on any atom is 0.253 e. The number of hydrogen-bond acceptors (Lipinski definition) is 6. The molecule has 1 atom stereocenters. The molecule has 0 bridgehead atoms. The number of aromatic nitrogens is 2. The van der Waals surface area contributed by atoms with Crippen molar-refractivity contribution in [1.82, 2.24) is 15.1 Å². The Morgan fingerprint density at radius 1 is 0.939 bits per heavy atom. The standard InChI is InChI=1S/C26H23N3O4/c1-17-7-3-4-8-21(17)25-28-27-24(33-25)18-11-13-19(14-12-18)26(30)29(2)15-20-16-31-22-9-5-6-10-23(22)32-20/h3-14,20H,15-16H2,1-2H3/t20-/m1/s1. The van der Waals surface area contributed by atoms with Crippen molar-refractivity contribution in [2.24, 2.45) is 0 Å². The predicted octanol–water partition coefficient (Wildman–Crippen LogP) is 4.62. The molecule has 33 heavy (non-hydrogen) atoms. The summed E-state index contributed by atoms with van der Waals surface area (Å²) in [7, 11) is 1.76. The summed E-state index contributed by atoms with van der Waals surface area (Å²) in [4.78, 5) is 14.6. The van der Waals surface area contributed by atoms with Crippen molar-refractivity contribution in [3.8, 4) is 34.4 Å². The van der Waals surface area contributed by atoms with E-state index in [0.29, 0.717) is 36.2 Å². The zero-order valence-corrected chi connectivity index (χ0v) is 18.4. The molecule has 1 aromatic heterocycles. The molecule has 0 radical (unpaired) electrons. The molecule has 0 unspecified atom stereocenters. The van der Waals surface area contributed by atoms with Crippen molar-refractivity contribution < 1.29 is 18.7 Å². The van der Waals surface area contributed by atoms with Crippen LogP contribution < -0.4 is 9.47 Å². The quantitative estimate of drug-likeness (QED) is 0.450. The van der Waals surface area contributed by atoms with Crippen LogP contribution in [0.1, 0.15) is 15.9 Å². The minimum atomic E-state index is -0.230. The number of para-hydroxylation sites is 2. The van der Waals surface area contributed by atoms with Crippen molar-refractivity contribution in [3.05, 3.63) is 83.9 Å². The van der Waals surface area contributed by atoms with E-state index in [-0.39, 0.29) is 12.0 Å². The van der Waals surface area contributed by atoms with Crippen LogP contribution in [0.25, 0.3) is 22.9 Å². The van der Waals surface area contributed by atoms with Crippen molar-refractivity contribution in [2.45, 2.75) is 13.0 Å². The molecule has 1 amide bonds. The number of benzene rings is 3. The van der Waals surface area contributed by atoms with Gasteiger partial charge in [0.25, 0.3) is 5.91 Å². The van der Waals surface area contributed by atoms with Crippen molar-refractivity contribution in [2.75, 3.05) is 20.2 Å². The third-order valence-electron chi connectivity index (χ3n) is 5.57. The van der Waals surface area contributed by atoms with E-state index in [2.05, 4.69) is 10.2 Å². The maximum atomic E-state index is 12.9. The zero-order valence-electron chi connectivity index (χ0n) is 18.4. The average molecular weight is 441 g/mol. The van der Waals surface area contributed by atoms with Crippen LogP contribution >= 0.6 is 0 Å². The fourth-order valence-corrected chi connectivity index (χ4v) is 3.78. The number of nitrogens with zero attached hydrogens (tertiary/aromatic N) is 3. The molecule has 166 valence electrons. The molecule has 1 aliphatic heterocycles. The molecular formula is C26H23N3O4. The fraction of sp³-hybridized carbons (Fsp3) is 0.192. The number of carbonyl (C=O) groups is 1. The molecular weight excluding hydrogens is 418 g/mol. The van der Waals surface area contributed by atoms with E-state index >= 15 is 0 Å². The molecule has 0 aliphatic carbocycles. The van der Waals surface area contributed by atoms with Gasteiger partial charge in [0, 0.05) is 23.7 Å². The number of amides is 1. The molecule has 5 rings (SSSR count). The summed E-state index contributed by atoms with van der Waals surface area (Å²) in [6, 6.07) is 22.5. The van der Waals surface area contributed by atoms with Gasteiger partial charge in [-0.25, -0.2) is 0 Å². The minimum Gasteiger partial charge on any atom is -0.486 e. The Kier molecular flexibility index (Phi) is 5.52. The lowest BCUT2D eigenvalue weighted by molar-refractivity contribution is 0.0521. The van der Waals surface area contributed by atoms with Gasteiger partial charge in [0.1, 0.15) is 6.61 Å². The van der Waals surface area contributed by atoms with Gasteiger partial charge < -0.3 is 18.8 Å². The lowest BCUT2D eigenvalue weighted by Gasteiger charge is -2.29. The van der Waals surface area contributed by atoms with Gasteiger partial charge in [-0.3, -0.25) is 4.79 Å². The highest BCUT2D eigenvalue weighted by Gasteiger charge is 2.24. The number of rotatable bonds is 5. The number of likely N-dealkylation sites (N-methyl/N-ethyl adjacent to an activating group) is 1. The molecule has 0 saturated heterocycles. The van der Waals surface area contributed by atoms with Crippen LogP contribution in [0.3, 0.4) is 0 Å². The number of hydrogen-bond donors (Lipinski definition) is 0. The molecule has 7 heteroatoms. The van der Waals surface area contributed by atoms with Gasteiger partial charge in [0.05, 0.1) is 6.54 Å². The van der Waals surface area contributed by atoms with Crippen LogP contribution in [0.5, 0.6) is 11.5 Å². The first-order valence-electron chi connectivity index (χ1n) is 10.7. The highest BCUT2D eigenvalue weighted by Crippen LogP contribution is 2.31. The van der Waals surface area contributed by atoms with Crippen LogP contribution in [0, 0.1) is 6.92 Å². The molecule has 0 spiro atoms. The van der Waals surface area contributed by atoms with E-state index < -0.39 is 0 Å². The minimum absolute atomic E-state index is 0.102. The molecule has 1 aliphatic rings. The second kappa shape index (κ2) is 8.78. The average Bonchev–Trinajstić information content (AvgIpc) is 3.34. The van der Waals surface area contributed by atoms with Gasteiger partial charge in [-0.2, -0.15) is 0 Å². The Morgan fingerprint density at radius 3 is 2.42 bits per heavy atom. The smallest absolute Gasteiger partial charge is 0.253 e. The molecule has 2 heterocycles. The first-order valence-corrected chi connectivity index (χ1v) is 10.7. The highest BCUT2D eigenvalue weighted by atomic mass is 16.6. The summed E-state index contributed by atoms with van der Waals surface area (Å²) in [5.74, 6) is 2.20. The van der Waals surface area contributed by atoms with Crippen LogP contribution in [0.2, 0.25) is 0 Å². The van der Waals surface area contributed by atoms with E-state index in [1.54, 1.807) is 24.1 Å². The second-order valence-electron chi connectivity index (χ2n) is 7.99. The van der Waals surface area contributed by atoms with Crippen LogP contribution in [0.15, 0.2) is 77.2 Å². The summed E-state index contributed by atoms with van der Waals surface area (Å²) in [5.41, 5.74) is 3.29. The van der Waals surface area contributed by atoms with Crippen molar-refractivity contribution >= 4 is 5.91 Å². The van der Waals surface area contributed by atoms with Gasteiger partial charge in [0.2, 0.25) is 11.8 Å². The third-order valence-corrected chi connectivity index (χ3v) is 5.57.